The van der Waals surface area contributed by atoms with Gasteiger partial charge in [-0.05, 0) is 0 Å². The lowest BCUT2D eigenvalue weighted by Gasteiger charge is -1.93. The first kappa shape index (κ1) is 8.36. The largest absolute Gasteiger partial charge is 0.364 e. The summed E-state index contributed by atoms with van der Waals surface area (Å²) < 4.78 is 14.7. The van der Waals surface area contributed by atoms with Crippen molar-refractivity contribution in [1.82, 2.24) is 0 Å². The minimum Gasteiger partial charge on any atom is -0.364 e. The highest BCUT2D eigenvalue weighted by atomic mass is 32.2. The van der Waals surface area contributed by atoms with Gasteiger partial charge in [0.05, 0.1) is 5.75 Å². The Hall–Kier alpha value is -0.640. The molecule has 0 aromatic carbocycles. The average Bonchev–Trinajstić information content (AvgIpc) is 1.63. The summed E-state index contributed by atoms with van der Waals surface area (Å²) in [6.07, 6.45) is 1.43. The van der Waals surface area contributed by atoms with Gasteiger partial charge in [-0.2, -0.15) is 0 Å². The van der Waals surface area contributed by atoms with Crippen molar-refractivity contribution in [2.45, 2.75) is 6.92 Å². The van der Waals surface area contributed by atoms with E-state index in [9.17, 15) is 9.00 Å². The van der Waals surface area contributed by atoms with Crippen LogP contribution in [0.4, 0.5) is 0 Å². The third-order valence-electron chi connectivity index (χ3n) is 0.464. The molecule has 0 aromatic rings. The smallest absolute Gasteiger partial charge is 0.316 e. The molecule has 0 aliphatic rings. The van der Waals surface area contributed by atoms with Crippen LogP contribution in [0, 0.1) is 0 Å². The van der Waals surface area contributed by atoms with Crippen LogP contribution in [0.1, 0.15) is 6.92 Å². The monoisotopic (exact) mass is 148 g/mol. The van der Waals surface area contributed by atoms with E-state index in [2.05, 4.69) is 10.8 Å². The van der Waals surface area contributed by atoms with Crippen molar-refractivity contribution in [2.75, 3.05) is 5.75 Å². The molecule has 4 heteroatoms. The van der Waals surface area contributed by atoms with Gasteiger partial charge in [-0.1, -0.05) is 6.08 Å². The van der Waals surface area contributed by atoms with Crippen LogP contribution in [0.2, 0.25) is 0 Å². The van der Waals surface area contributed by atoms with Crippen molar-refractivity contribution in [3.8, 4) is 0 Å². The number of hydrogen-bond acceptors (Lipinski definition) is 3. The first-order valence-electron chi connectivity index (χ1n) is 2.35. The topological polar surface area (TPSA) is 43.4 Å². The summed E-state index contributed by atoms with van der Waals surface area (Å²) in [6, 6.07) is 0. The fourth-order valence-electron chi connectivity index (χ4n) is 0.261. The molecule has 0 aromatic heterocycles. The molecule has 0 fully saturated rings. The first-order chi connectivity index (χ1) is 4.16. The van der Waals surface area contributed by atoms with E-state index >= 15 is 0 Å². The molecule has 0 amide bonds. The third kappa shape index (κ3) is 5.23. The summed E-state index contributed by atoms with van der Waals surface area (Å²) in [7, 11) is 0. The minimum absolute atomic E-state index is 0.194. The summed E-state index contributed by atoms with van der Waals surface area (Å²) in [5.41, 5.74) is 0. The highest BCUT2D eigenvalue weighted by molar-refractivity contribution is 7.80. The van der Waals surface area contributed by atoms with E-state index in [-0.39, 0.29) is 5.75 Å². The molecular formula is C5H8O3S. The normalized spacial score (nSPS) is 12.1. The Bertz CT molecular complexity index is 141. The van der Waals surface area contributed by atoms with Crippen molar-refractivity contribution < 1.29 is 13.2 Å². The van der Waals surface area contributed by atoms with Gasteiger partial charge in [0, 0.05) is 6.92 Å². The molecular weight excluding hydrogens is 140 g/mol. The van der Waals surface area contributed by atoms with Gasteiger partial charge in [0.2, 0.25) is 11.1 Å². The van der Waals surface area contributed by atoms with Crippen LogP contribution in [0.3, 0.4) is 0 Å². The lowest BCUT2D eigenvalue weighted by Crippen LogP contribution is -2.04. The van der Waals surface area contributed by atoms with Crippen molar-refractivity contribution in [3.05, 3.63) is 12.7 Å². The third-order valence-corrected chi connectivity index (χ3v) is 1.39. The maximum Gasteiger partial charge on any atom is 0.316 e. The van der Waals surface area contributed by atoms with Crippen LogP contribution in [0.5, 0.6) is 0 Å². The van der Waals surface area contributed by atoms with Crippen molar-refractivity contribution in [2.24, 2.45) is 0 Å². The van der Waals surface area contributed by atoms with Crippen LogP contribution in [-0.2, 0) is 20.1 Å². The zero-order valence-electron chi connectivity index (χ0n) is 5.12. The van der Waals surface area contributed by atoms with Crippen molar-refractivity contribution in [1.29, 1.82) is 0 Å². The van der Waals surface area contributed by atoms with E-state index in [1.165, 1.54) is 13.0 Å². The van der Waals surface area contributed by atoms with Gasteiger partial charge in [-0.3, -0.25) is 4.79 Å². The fourth-order valence-corrected chi connectivity index (χ4v) is 0.783. The first-order valence-corrected chi connectivity index (χ1v) is 3.59. The fraction of sp³-hybridized carbons (Fsp3) is 0.400. The molecule has 0 radical (unpaired) electrons. The Morgan fingerprint density at radius 3 is 2.78 bits per heavy atom. The molecule has 1 unspecified atom stereocenters. The quantitative estimate of drug-likeness (QED) is 0.544. The molecule has 52 valence electrons. The lowest BCUT2D eigenvalue weighted by atomic mass is 10.8. The number of carbonyl (C=O) groups is 1. The number of carbonyl (C=O) groups excluding carboxylic acids is 1. The Morgan fingerprint density at radius 2 is 2.44 bits per heavy atom. The summed E-state index contributed by atoms with van der Waals surface area (Å²) in [4.78, 5) is 10.1. The van der Waals surface area contributed by atoms with Crippen LogP contribution < -0.4 is 0 Å². The molecule has 0 aliphatic carbocycles. The summed E-state index contributed by atoms with van der Waals surface area (Å²) in [6.45, 7) is 4.53. The minimum atomic E-state index is -1.52. The summed E-state index contributed by atoms with van der Waals surface area (Å²) >= 11 is -1.52. The lowest BCUT2D eigenvalue weighted by molar-refractivity contribution is -0.130. The Morgan fingerprint density at radius 1 is 1.89 bits per heavy atom. The molecule has 3 nitrogen and oxygen atoms in total. The van der Waals surface area contributed by atoms with Gasteiger partial charge >= 0.3 is 5.97 Å². The van der Waals surface area contributed by atoms with E-state index < -0.39 is 17.0 Å². The zero-order chi connectivity index (χ0) is 7.28. The van der Waals surface area contributed by atoms with Crippen molar-refractivity contribution >= 4 is 17.0 Å². The maximum absolute atomic E-state index is 10.5. The predicted octanol–water partition coefficient (Wildman–Crippen LogP) is 0.399. The summed E-state index contributed by atoms with van der Waals surface area (Å²) in [5.74, 6) is -0.338. The molecule has 9 heavy (non-hydrogen) atoms. The highest BCUT2D eigenvalue weighted by Gasteiger charge is 1.98. The second-order valence-corrected chi connectivity index (χ2v) is 2.44. The van der Waals surface area contributed by atoms with Crippen LogP contribution in [0.15, 0.2) is 12.7 Å². The maximum atomic E-state index is 10.5. The molecule has 0 bridgehead atoms. The molecule has 0 saturated heterocycles. The van der Waals surface area contributed by atoms with E-state index in [0.717, 1.165) is 0 Å². The van der Waals surface area contributed by atoms with Gasteiger partial charge in [0.1, 0.15) is 0 Å². The van der Waals surface area contributed by atoms with Gasteiger partial charge in [-0.15, -0.1) is 6.58 Å². The van der Waals surface area contributed by atoms with Crippen molar-refractivity contribution in [3.63, 3.8) is 0 Å². The Labute approximate surface area is 56.4 Å². The van der Waals surface area contributed by atoms with E-state index in [1.54, 1.807) is 0 Å². The standard InChI is InChI=1S/C5H8O3S/c1-3-4-9(7)8-5(2)6/h3H,1,4H2,2H3. The molecule has 0 aliphatic heterocycles. The van der Waals surface area contributed by atoms with Crippen LogP contribution >= 0.6 is 0 Å². The van der Waals surface area contributed by atoms with E-state index in [0.29, 0.717) is 0 Å². The second kappa shape index (κ2) is 4.26. The van der Waals surface area contributed by atoms with Gasteiger partial charge in [0.15, 0.2) is 0 Å². The second-order valence-electron chi connectivity index (χ2n) is 1.33. The molecule has 0 rings (SSSR count). The highest BCUT2D eigenvalue weighted by Crippen LogP contribution is 1.85. The molecule has 0 saturated carbocycles. The molecule has 0 spiro atoms. The molecule has 1 atom stereocenters. The zero-order valence-corrected chi connectivity index (χ0v) is 5.94. The molecule has 0 N–H and O–H groups in total. The number of hydrogen-bond donors (Lipinski definition) is 0. The number of rotatable bonds is 3. The Balaban J connectivity index is 3.50. The van der Waals surface area contributed by atoms with Crippen LogP contribution in [-0.4, -0.2) is 15.9 Å². The van der Waals surface area contributed by atoms with Gasteiger partial charge < -0.3 is 4.18 Å². The van der Waals surface area contributed by atoms with Gasteiger partial charge in [0.25, 0.3) is 0 Å². The molecule has 0 heterocycles. The van der Waals surface area contributed by atoms with E-state index in [4.69, 9.17) is 0 Å². The SMILES string of the molecule is C=CCS(=O)OC(C)=O. The van der Waals surface area contributed by atoms with Crippen LogP contribution in [0.25, 0.3) is 0 Å². The summed E-state index contributed by atoms with van der Waals surface area (Å²) in [5, 5.41) is 0. The van der Waals surface area contributed by atoms with E-state index in [1.807, 2.05) is 0 Å². The predicted molar refractivity (Wildman–Crippen MR) is 35.0 cm³/mol. The Kier molecular flexibility index (Phi) is 3.96. The average molecular weight is 148 g/mol. The van der Waals surface area contributed by atoms with Gasteiger partial charge in [-0.25, -0.2) is 4.21 Å².